The second kappa shape index (κ2) is 6.38. The van der Waals surface area contributed by atoms with E-state index in [1.165, 1.54) is 6.08 Å². The van der Waals surface area contributed by atoms with Crippen molar-refractivity contribution < 1.29 is 14.7 Å². The number of aliphatic carboxylic acids is 1. The Morgan fingerprint density at radius 1 is 1.42 bits per heavy atom. The van der Waals surface area contributed by atoms with Gasteiger partial charge in [0.1, 0.15) is 0 Å². The van der Waals surface area contributed by atoms with Gasteiger partial charge in [-0.25, -0.2) is 0 Å². The number of hydrogen-bond donors (Lipinski definition) is 2. The lowest BCUT2D eigenvalue weighted by Crippen LogP contribution is -2.44. The minimum atomic E-state index is -0.955. The number of rotatable bonds is 5. The van der Waals surface area contributed by atoms with Crippen LogP contribution in [0.15, 0.2) is 30.3 Å². The van der Waals surface area contributed by atoms with E-state index in [4.69, 9.17) is 16.7 Å². The molecule has 1 aromatic carbocycles. The number of nitrogens with one attached hydrogen (secondary N) is 1. The zero-order chi connectivity index (χ0) is 14.5. The zero-order valence-corrected chi connectivity index (χ0v) is 11.6. The molecule has 0 atom stereocenters. The maximum absolute atomic E-state index is 11.7. The van der Waals surface area contributed by atoms with Gasteiger partial charge < -0.3 is 10.4 Å². The molecule has 0 radical (unpaired) electrons. The second-order valence-corrected chi connectivity index (χ2v) is 5.27. The summed E-state index contributed by atoms with van der Waals surface area (Å²) in [5.74, 6) is -1.30. The first kappa shape index (κ1) is 15.2. The minimum absolute atomic E-state index is 0.135. The van der Waals surface area contributed by atoms with Gasteiger partial charge >= 0.3 is 5.97 Å². The maximum atomic E-state index is 11.7. The summed E-state index contributed by atoms with van der Waals surface area (Å²) in [6, 6.07) is 7.08. The van der Waals surface area contributed by atoms with Crippen molar-refractivity contribution >= 4 is 29.6 Å². The van der Waals surface area contributed by atoms with Crippen LogP contribution in [0.5, 0.6) is 0 Å². The third kappa shape index (κ3) is 6.06. The van der Waals surface area contributed by atoms with Gasteiger partial charge in [-0.1, -0.05) is 23.7 Å². The third-order valence-corrected chi connectivity index (χ3v) is 2.57. The first-order valence-corrected chi connectivity index (χ1v) is 6.14. The topological polar surface area (TPSA) is 66.4 Å². The Morgan fingerprint density at radius 2 is 2.11 bits per heavy atom. The summed E-state index contributed by atoms with van der Waals surface area (Å²) >= 11 is 5.82. The van der Waals surface area contributed by atoms with Crippen molar-refractivity contribution in [2.75, 3.05) is 0 Å². The molecule has 0 aliphatic carbocycles. The van der Waals surface area contributed by atoms with Gasteiger partial charge in [0.05, 0.1) is 6.42 Å². The Labute approximate surface area is 117 Å². The highest BCUT2D eigenvalue weighted by atomic mass is 35.5. The molecule has 0 spiro atoms. The second-order valence-electron chi connectivity index (χ2n) is 4.83. The number of amides is 1. The third-order valence-electron chi connectivity index (χ3n) is 2.33. The van der Waals surface area contributed by atoms with Crippen LogP contribution in [0.3, 0.4) is 0 Å². The minimum Gasteiger partial charge on any atom is -0.481 e. The molecule has 0 heterocycles. The van der Waals surface area contributed by atoms with E-state index in [-0.39, 0.29) is 12.3 Å². The van der Waals surface area contributed by atoms with Crippen LogP contribution in [0, 0.1) is 0 Å². The molecule has 0 saturated carbocycles. The summed E-state index contributed by atoms with van der Waals surface area (Å²) in [7, 11) is 0. The molecule has 0 aliphatic heterocycles. The van der Waals surface area contributed by atoms with E-state index in [1.54, 1.807) is 38.1 Å². The molecule has 1 rings (SSSR count). The average molecular weight is 282 g/mol. The van der Waals surface area contributed by atoms with E-state index < -0.39 is 11.5 Å². The quantitative estimate of drug-likeness (QED) is 0.816. The molecular weight excluding hydrogens is 266 g/mol. The standard InChI is InChI=1S/C14H16ClNO3/c1-14(2,9-13(18)19)16-12(17)7-6-10-4-3-5-11(15)8-10/h3-8H,9H2,1-2H3,(H,16,17)(H,18,19). The van der Waals surface area contributed by atoms with E-state index in [0.717, 1.165) is 5.56 Å². The molecule has 0 unspecified atom stereocenters. The van der Waals surface area contributed by atoms with Crippen molar-refractivity contribution in [2.45, 2.75) is 25.8 Å². The summed E-state index contributed by atoms with van der Waals surface area (Å²) in [4.78, 5) is 22.3. The monoisotopic (exact) mass is 281 g/mol. The van der Waals surface area contributed by atoms with Crippen molar-refractivity contribution in [1.29, 1.82) is 0 Å². The van der Waals surface area contributed by atoms with Gasteiger partial charge in [0.15, 0.2) is 0 Å². The van der Waals surface area contributed by atoms with Gasteiger partial charge in [-0.2, -0.15) is 0 Å². The average Bonchev–Trinajstić information content (AvgIpc) is 2.24. The summed E-state index contributed by atoms with van der Waals surface area (Å²) in [6.07, 6.45) is 2.84. The van der Waals surface area contributed by atoms with Crippen LogP contribution < -0.4 is 5.32 Å². The Bertz CT molecular complexity index is 509. The molecule has 0 saturated heterocycles. The molecular formula is C14H16ClNO3. The van der Waals surface area contributed by atoms with E-state index in [0.29, 0.717) is 5.02 Å². The summed E-state index contributed by atoms with van der Waals surface area (Å²) in [5.41, 5.74) is 0.0143. The zero-order valence-electron chi connectivity index (χ0n) is 10.8. The van der Waals surface area contributed by atoms with E-state index >= 15 is 0 Å². The number of carbonyl (C=O) groups excluding carboxylic acids is 1. The number of carboxylic acids is 1. The lowest BCUT2D eigenvalue weighted by Gasteiger charge is -2.23. The molecule has 2 N–H and O–H groups in total. The number of hydrogen-bond acceptors (Lipinski definition) is 2. The van der Waals surface area contributed by atoms with Crippen LogP contribution in [0.25, 0.3) is 6.08 Å². The lowest BCUT2D eigenvalue weighted by atomic mass is 10.0. The molecule has 0 bridgehead atoms. The van der Waals surface area contributed by atoms with E-state index in [2.05, 4.69) is 5.32 Å². The normalized spacial score (nSPS) is 11.5. The smallest absolute Gasteiger partial charge is 0.305 e. The largest absolute Gasteiger partial charge is 0.481 e. The summed E-state index contributed by atoms with van der Waals surface area (Å²) in [5, 5.41) is 11.9. The Balaban J connectivity index is 2.63. The molecule has 19 heavy (non-hydrogen) atoms. The summed E-state index contributed by atoms with van der Waals surface area (Å²) in [6.45, 7) is 3.32. The fourth-order valence-electron chi connectivity index (χ4n) is 1.58. The van der Waals surface area contributed by atoms with Crippen molar-refractivity contribution in [3.8, 4) is 0 Å². The molecule has 1 amide bonds. The van der Waals surface area contributed by atoms with Crippen LogP contribution in [0.1, 0.15) is 25.8 Å². The highest BCUT2D eigenvalue weighted by molar-refractivity contribution is 6.30. The van der Waals surface area contributed by atoms with E-state index in [9.17, 15) is 9.59 Å². The molecule has 4 nitrogen and oxygen atoms in total. The summed E-state index contributed by atoms with van der Waals surface area (Å²) < 4.78 is 0. The van der Waals surface area contributed by atoms with E-state index in [1.807, 2.05) is 6.07 Å². The predicted octanol–water partition coefficient (Wildman–Crippen LogP) is 2.72. The Hall–Kier alpha value is -1.81. The SMILES string of the molecule is CC(C)(CC(=O)O)NC(=O)C=Cc1cccc(Cl)c1. The van der Waals surface area contributed by atoms with Crippen molar-refractivity contribution in [3.05, 3.63) is 40.9 Å². The number of halogens is 1. The van der Waals surface area contributed by atoms with Gasteiger partial charge in [-0.05, 0) is 37.6 Å². The highest BCUT2D eigenvalue weighted by Crippen LogP contribution is 2.12. The van der Waals surface area contributed by atoms with Gasteiger partial charge in [0, 0.05) is 16.6 Å². The lowest BCUT2D eigenvalue weighted by molar-refractivity contribution is -0.138. The fourth-order valence-corrected chi connectivity index (χ4v) is 1.78. The molecule has 0 aliphatic rings. The Kier molecular flexibility index (Phi) is 5.12. The van der Waals surface area contributed by atoms with Gasteiger partial charge in [-0.15, -0.1) is 0 Å². The predicted molar refractivity (Wildman–Crippen MR) is 75.0 cm³/mol. The van der Waals surface area contributed by atoms with Crippen LogP contribution >= 0.6 is 11.6 Å². The maximum Gasteiger partial charge on any atom is 0.305 e. The molecule has 102 valence electrons. The Morgan fingerprint density at radius 3 is 2.68 bits per heavy atom. The fraction of sp³-hybridized carbons (Fsp3) is 0.286. The van der Waals surface area contributed by atoms with Gasteiger partial charge in [0.25, 0.3) is 0 Å². The van der Waals surface area contributed by atoms with Gasteiger partial charge in [-0.3, -0.25) is 9.59 Å². The number of carboxylic acid groups (broad SMARTS) is 1. The molecule has 1 aromatic rings. The van der Waals surface area contributed by atoms with Gasteiger partial charge in [0.2, 0.25) is 5.91 Å². The van der Waals surface area contributed by atoms with Crippen LogP contribution in [0.4, 0.5) is 0 Å². The molecule has 0 aromatic heterocycles. The van der Waals surface area contributed by atoms with Crippen molar-refractivity contribution in [3.63, 3.8) is 0 Å². The highest BCUT2D eigenvalue weighted by Gasteiger charge is 2.22. The molecule has 0 fully saturated rings. The number of carbonyl (C=O) groups is 2. The van der Waals surface area contributed by atoms with Crippen LogP contribution in [-0.2, 0) is 9.59 Å². The molecule has 5 heteroatoms. The first-order chi connectivity index (χ1) is 8.78. The van der Waals surface area contributed by atoms with Crippen LogP contribution in [-0.4, -0.2) is 22.5 Å². The van der Waals surface area contributed by atoms with Crippen LogP contribution in [0.2, 0.25) is 5.02 Å². The van der Waals surface area contributed by atoms with Crippen molar-refractivity contribution in [1.82, 2.24) is 5.32 Å². The first-order valence-electron chi connectivity index (χ1n) is 5.76. The van der Waals surface area contributed by atoms with Crippen molar-refractivity contribution in [2.24, 2.45) is 0 Å². The number of benzene rings is 1.